The molecule has 0 spiro atoms. The zero-order valence-electron chi connectivity index (χ0n) is 20.3. The van der Waals surface area contributed by atoms with Gasteiger partial charge in [-0.05, 0) is 45.1 Å². The number of hydrogen-bond donors (Lipinski definition) is 0. The van der Waals surface area contributed by atoms with Gasteiger partial charge in [0.05, 0.1) is 16.7 Å². The van der Waals surface area contributed by atoms with E-state index >= 15 is 0 Å². The third-order valence-electron chi connectivity index (χ3n) is 7.29. The van der Waals surface area contributed by atoms with E-state index in [2.05, 4.69) is 78.9 Å². The summed E-state index contributed by atoms with van der Waals surface area (Å²) in [6.45, 7) is 0. The third kappa shape index (κ3) is 3.17. The number of rotatable bonds is 2. The predicted molar refractivity (Wildman–Crippen MR) is 156 cm³/mol. The van der Waals surface area contributed by atoms with Crippen molar-refractivity contribution in [1.82, 2.24) is 19.9 Å². The van der Waals surface area contributed by atoms with Gasteiger partial charge in [0.15, 0.2) is 11.6 Å². The molecular formula is C34H20N4. The van der Waals surface area contributed by atoms with Gasteiger partial charge in [-0.15, -0.1) is 0 Å². The second kappa shape index (κ2) is 8.15. The molecular weight excluding hydrogens is 464 g/mol. The maximum absolute atomic E-state index is 5.14. The summed E-state index contributed by atoms with van der Waals surface area (Å²) < 4.78 is 0. The first-order chi connectivity index (χ1) is 18.8. The van der Waals surface area contributed by atoms with E-state index in [1.54, 1.807) is 0 Å². The Morgan fingerprint density at radius 3 is 1.84 bits per heavy atom. The third-order valence-corrected chi connectivity index (χ3v) is 7.29. The van der Waals surface area contributed by atoms with Crippen LogP contribution in [-0.4, -0.2) is 19.9 Å². The van der Waals surface area contributed by atoms with Gasteiger partial charge in [0.2, 0.25) is 0 Å². The quantitative estimate of drug-likeness (QED) is 0.183. The van der Waals surface area contributed by atoms with Crippen LogP contribution in [0.15, 0.2) is 121 Å². The fourth-order valence-corrected chi connectivity index (χ4v) is 5.50. The van der Waals surface area contributed by atoms with Crippen LogP contribution in [0.4, 0.5) is 0 Å². The first-order valence-corrected chi connectivity index (χ1v) is 12.7. The normalized spacial score (nSPS) is 11.7. The lowest BCUT2D eigenvalue weighted by Crippen LogP contribution is -1.99. The summed E-state index contributed by atoms with van der Waals surface area (Å²) in [6, 6.07) is 39.8. The maximum Gasteiger partial charge on any atom is 0.198 e. The molecule has 0 unspecified atom stereocenters. The average molecular weight is 485 g/mol. The van der Waals surface area contributed by atoms with Crippen LogP contribution in [0, 0.1) is 0 Å². The Kier molecular flexibility index (Phi) is 4.49. The molecule has 0 aliphatic carbocycles. The Morgan fingerprint density at radius 2 is 1.05 bits per heavy atom. The highest BCUT2D eigenvalue weighted by Crippen LogP contribution is 2.37. The molecule has 38 heavy (non-hydrogen) atoms. The molecule has 0 aliphatic heterocycles. The van der Waals surface area contributed by atoms with Crippen LogP contribution in [0.2, 0.25) is 0 Å². The van der Waals surface area contributed by atoms with Gasteiger partial charge in [0.1, 0.15) is 0 Å². The van der Waals surface area contributed by atoms with E-state index in [9.17, 15) is 0 Å². The molecule has 0 atom stereocenters. The van der Waals surface area contributed by atoms with Crippen molar-refractivity contribution in [2.45, 2.75) is 0 Å². The molecule has 0 saturated heterocycles. The van der Waals surface area contributed by atoms with Gasteiger partial charge in [0, 0.05) is 27.9 Å². The Morgan fingerprint density at radius 1 is 0.421 bits per heavy atom. The standard InChI is InChI=1S/C34H20N4/c1-2-10-21(11-3-1)31-26-16-8-9-17-30(26)36-34(37-31)33-35-20-29-25-15-7-6-14-24(25)27-18-22-12-4-5-13-23(22)19-28(27)32(29)38-33/h1-20H. The van der Waals surface area contributed by atoms with Gasteiger partial charge in [0.25, 0.3) is 0 Å². The Bertz CT molecular complexity index is 2190. The summed E-state index contributed by atoms with van der Waals surface area (Å²) in [7, 11) is 0. The molecule has 2 aromatic heterocycles. The molecule has 0 fully saturated rings. The summed E-state index contributed by atoms with van der Waals surface area (Å²) >= 11 is 0. The van der Waals surface area contributed by atoms with Crippen LogP contribution in [-0.2, 0) is 0 Å². The summed E-state index contributed by atoms with van der Waals surface area (Å²) in [4.78, 5) is 19.8. The summed E-state index contributed by atoms with van der Waals surface area (Å²) in [5.74, 6) is 1.04. The van der Waals surface area contributed by atoms with E-state index in [4.69, 9.17) is 19.9 Å². The molecule has 176 valence electrons. The molecule has 4 nitrogen and oxygen atoms in total. The van der Waals surface area contributed by atoms with Crippen molar-refractivity contribution >= 4 is 54.1 Å². The van der Waals surface area contributed by atoms with Crippen molar-refractivity contribution in [3.8, 4) is 22.9 Å². The minimum atomic E-state index is 0.519. The number of hydrogen-bond acceptors (Lipinski definition) is 4. The topological polar surface area (TPSA) is 51.6 Å². The van der Waals surface area contributed by atoms with Gasteiger partial charge in [-0.2, -0.15) is 0 Å². The number of nitrogens with zero attached hydrogens (tertiary/aromatic N) is 4. The predicted octanol–water partition coefficient (Wildman–Crippen LogP) is 8.37. The largest absolute Gasteiger partial charge is 0.233 e. The van der Waals surface area contributed by atoms with Crippen LogP contribution in [0.25, 0.3) is 77.0 Å². The molecule has 6 aromatic carbocycles. The Labute approximate surface area is 218 Å². The zero-order valence-corrected chi connectivity index (χ0v) is 20.3. The molecule has 0 amide bonds. The molecule has 4 heteroatoms. The van der Waals surface area contributed by atoms with Crippen molar-refractivity contribution in [3.05, 3.63) is 121 Å². The number of fused-ring (bicyclic) bond motifs is 8. The molecule has 2 heterocycles. The highest BCUT2D eigenvalue weighted by atomic mass is 15.0. The van der Waals surface area contributed by atoms with Gasteiger partial charge in [-0.3, -0.25) is 0 Å². The molecule has 0 bridgehead atoms. The van der Waals surface area contributed by atoms with E-state index in [1.165, 1.54) is 21.5 Å². The number of aromatic nitrogens is 4. The molecule has 0 N–H and O–H groups in total. The summed E-state index contributed by atoms with van der Waals surface area (Å²) in [5, 5.41) is 9.05. The lowest BCUT2D eigenvalue weighted by atomic mass is 9.95. The molecule has 8 rings (SSSR count). The molecule has 0 radical (unpaired) electrons. The Hall–Kier alpha value is -5.22. The second-order valence-corrected chi connectivity index (χ2v) is 9.53. The van der Waals surface area contributed by atoms with E-state index < -0.39 is 0 Å². The minimum Gasteiger partial charge on any atom is -0.233 e. The van der Waals surface area contributed by atoms with Crippen LogP contribution in [0.1, 0.15) is 0 Å². The van der Waals surface area contributed by atoms with Crippen LogP contribution in [0.5, 0.6) is 0 Å². The highest BCUT2D eigenvalue weighted by Gasteiger charge is 2.16. The smallest absolute Gasteiger partial charge is 0.198 e. The van der Waals surface area contributed by atoms with Crippen LogP contribution >= 0.6 is 0 Å². The van der Waals surface area contributed by atoms with Gasteiger partial charge >= 0.3 is 0 Å². The fraction of sp³-hybridized carbons (Fsp3) is 0. The second-order valence-electron chi connectivity index (χ2n) is 9.53. The first kappa shape index (κ1) is 20.9. The van der Waals surface area contributed by atoms with Crippen LogP contribution in [0.3, 0.4) is 0 Å². The minimum absolute atomic E-state index is 0.519. The first-order valence-electron chi connectivity index (χ1n) is 12.7. The van der Waals surface area contributed by atoms with Gasteiger partial charge in [-0.1, -0.05) is 97.1 Å². The maximum atomic E-state index is 5.14. The average Bonchev–Trinajstić information content (AvgIpc) is 3.00. The zero-order chi connectivity index (χ0) is 25.1. The summed E-state index contributed by atoms with van der Waals surface area (Å²) in [6.07, 6.45) is 1.93. The lowest BCUT2D eigenvalue weighted by Gasteiger charge is -2.12. The SMILES string of the molecule is c1ccc(-c2nc(-c3ncc4c5ccccc5c5cc6ccccc6cc5c4n3)nc3ccccc23)cc1. The lowest BCUT2D eigenvalue weighted by molar-refractivity contribution is 1.13. The fourth-order valence-electron chi connectivity index (χ4n) is 5.50. The highest BCUT2D eigenvalue weighted by molar-refractivity contribution is 6.26. The van der Waals surface area contributed by atoms with Crippen molar-refractivity contribution in [3.63, 3.8) is 0 Å². The van der Waals surface area contributed by atoms with Gasteiger partial charge in [-0.25, -0.2) is 19.9 Å². The van der Waals surface area contributed by atoms with Gasteiger partial charge < -0.3 is 0 Å². The molecule has 8 aromatic rings. The number of benzene rings is 6. The van der Waals surface area contributed by atoms with Crippen molar-refractivity contribution in [2.75, 3.05) is 0 Å². The number of para-hydroxylation sites is 1. The van der Waals surface area contributed by atoms with Crippen LogP contribution < -0.4 is 0 Å². The van der Waals surface area contributed by atoms with E-state index in [-0.39, 0.29) is 0 Å². The summed E-state index contributed by atoms with van der Waals surface area (Å²) in [5.41, 5.74) is 3.70. The van der Waals surface area contributed by atoms with Crippen molar-refractivity contribution in [2.24, 2.45) is 0 Å². The molecule has 0 saturated carbocycles. The Balaban J connectivity index is 1.46. The van der Waals surface area contributed by atoms with Crippen molar-refractivity contribution < 1.29 is 0 Å². The monoisotopic (exact) mass is 484 g/mol. The van der Waals surface area contributed by atoms with E-state index in [0.29, 0.717) is 11.6 Å². The van der Waals surface area contributed by atoms with E-state index in [0.717, 1.165) is 43.8 Å². The van der Waals surface area contributed by atoms with Crippen molar-refractivity contribution in [1.29, 1.82) is 0 Å². The van der Waals surface area contributed by atoms with E-state index in [1.807, 2.05) is 42.6 Å². The molecule has 0 aliphatic rings.